The molecule has 2 aromatic carbocycles. The van der Waals surface area contributed by atoms with Gasteiger partial charge in [-0.1, -0.05) is 19.1 Å². The first-order valence-corrected chi connectivity index (χ1v) is 7.82. The van der Waals surface area contributed by atoms with Crippen LogP contribution in [0, 0.1) is 0 Å². The third-order valence-electron chi connectivity index (χ3n) is 3.15. The predicted molar refractivity (Wildman–Crippen MR) is 87.9 cm³/mol. The van der Waals surface area contributed by atoms with Gasteiger partial charge in [-0.05, 0) is 55.3 Å². The Labute approximate surface area is 129 Å². The van der Waals surface area contributed by atoms with Crippen molar-refractivity contribution in [1.29, 1.82) is 0 Å². The van der Waals surface area contributed by atoms with Gasteiger partial charge in [0.25, 0.3) is 0 Å². The van der Waals surface area contributed by atoms with E-state index in [-0.39, 0.29) is 16.9 Å². The molecule has 0 aromatic heterocycles. The van der Waals surface area contributed by atoms with Gasteiger partial charge in [-0.15, -0.1) is 11.8 Å². The zero-order valence-electron chi connectivity index (χ0n) is 12.2. The van der Waals surface area contributed by atoms with Crippen molar-refractivity contribution in [2.45, 2.75) is 30.4 Å². The number of carbonyl (C=O) groups is 1. The first-order chi connectivity index (χ1) is 10.1. The van der Waals surface area contributed by atoms with Gasteiger partial charge in [0, 0.05) is 10.6 Å². The fourth-order valence-corrected chi connectivity index (χ4v) is 2.72. The van der Waals surface area contributed by atoms with Gasteiger partial charge in [-0.2, -0.15) is 0 Å². The van der Waals surface area contributed by atoms with Gasteiger partial charge in [0.05, 0.1) is 5.25 Å². The van der Waals surface area contributed by atoms with Crippen molar-refractivity contribution in [3.8, 4) is 5.75 Å². The van der Waals surface area contributed by atoms with Gasteiger partial charge >= 0.3 is 0 Å². The summed E-state index contributed by atoms with van der Waals surface area (Å²) in [6, 6.07) is 14.7. The Kier molecular flexibility index (Phi) is 5.28. The van der Waals surface area contributed by atoms with E-state index in [9.17, 15) is 9.90 Å². The van der Waals surface area contributed by atoms with Crippen LogP contribution in [-0.2, 0) is 11.2 Å². The minimum atomic E-state index is -0.208. The number of hydrogen-bond acceptors (Lipinski definition) is 3. The van der Waals surface area contributed by atoms with E-state index in [1.165, 1.54) is 17.3 Å². The quantitative estimate of drug-likeness (QED) is 0.818. The third-order valence-corrected chi connectivity index (χ3v) is 4.26. The summed E-state index contributed by atoms with van der Waals surface area (Å²) in [5.41, 5.74) is 2.06. The Morgan fingerprint density at radius 2 is 1.76 bits per heavy atom. The lowest BCUT2D eigenvalue weighted by Crippen LogP contribution is -2.22. The van der Waals surface area contributed by atoms with Crippen LogP contribution in [0.1, 0.15) is 19.4 Å². The molecule has 21 heavy (non-hydrogen) atoms. The monoisotopic (exact) mass is 301 g/mol. The number of aryl methyl sites for hydroxylation is 1. The van der Waals surface area contributed by atoms with Crippen LogP contribution in [-0.4, -0.2) is 16.3 Å². The number of phenols is 1. The van der Waals surface area contributed by atoms with Crippen LogP contribution in [0.15, 0.2) is 53.4 Å². The van der Waals surface area contributed by atoms with E-state index in [4.69, 9.17) is 0 Å². The van der Waals surface area contributed by atoms with Crippen LogP contribution in [0.4, 0.5) is 5.69 Å². The fourth-order valence-electron chi connectivity index (χ4n) is 1.85. The van der Waals surface area contributed by atoms with Crippen LogP contribution in [0.25, 0.3) is 0 Å². The Morgan fingerprint density at radius 1 is 1.14 bits per heavy atom. The topological polar surface area (TPSA) is 49.3 Å². The highest BCUT2D eigenvalue weighted by atomic mass is 32.2. The largest absolute Gasteiger partial charge is 0.508 e. The van der Waals surface area contributed by atoms with Gasteiger partial charge in [0.1, 0.15) is 5.75 Å². The zero-order chi connectivity index (χ0) is 15.2. The molecular formula is C17H19NO2S. The second-order valence-electron chi connectivity index (χ2n) is 4.79. The van der Waals surface area contributed by atoms with Gasteiger partial charge in [-0.3, -0.25) is 4.79 Å². The van der Waals surface area contributed by atoms with E-state index in [1.54, 1.807) is 24.3 Å². The number of carbonyl (C=O) groups excluding carboxylic acids is 1. The average Bonchev–Trinajstić information content (AvgIpc) is 2.50. The van der Waals surface area contributed by atoms with Crippen LogP contribution >= 0.6 is 11.8 Å². The van der Waals surface area contributed by atoms with E-state index in [2.05, 4.69) is 12.2 Å². The number of anilines is 1. The second-order valence-corrected chi connectivity index (χ2v) is 6.21. The lowest BCUT2D eigenvalue weighted by Gasteiger charge is -2.12. The highest BCUT2D eigenvalue weighted by Gasteiger charge is 2.14. The maximum atomic E-state index is 12.2. The lowest BCUT2D eigenvalue weighted by atomic mass is 10.1. The molecule has 0 aliphatic heterocycles. The average molecular weight is 301 g/mol. The summed E-state index contributed by atoms with van der Waals surface area (Å²) < 4.78 is 0. The van der Waals surface area contributed by atoms with E-state index in [1.807, 2.05) is 31.2 Å². The first kappa shape index (κ1) is 15.4. The maximum Gasteiger partial charge on any atom is 0.237 e. The van der Waals surface area contributed by atoms with E-state index in [0.717, 1.165) is 17.0 Å². The minimum absolute atomic E-state index is 0.0303. The van der Waals surface area contributed by atoms with Crippen molar-refractivity contribution in [2.24, 2.45) is 0 Å². The molecule has 1 unspecified atom stereocenters. The minimum Gasteiger partial charge on any atom is -0.508 e. The molecule has 110 valence electrons. The Hall–Kier alpha value is -1.94. The molecule has 0 saturated carbocycles. The molecule has 0 bridgehead atoms. The molecule has 1 atom stereocenters. The number of benzene rings is 2. The molecule has 2 N–H and O–H groups in total. The zero-order valence-corrected chi connectivity index (χ0v) is 13.0. The summed E-state index contributed by atoms with van der Waals surface area (Å²) in [7, 11) is 0. The molecule has 0 aliphatic carbocycles. The molecule has 4 heteroatoms. The number of amides is 1. The molecule has 1 amide bonds. The summed E-state index contributed by atoms with van der Waals surface area (Å²) in [5.74, 6) is 0.199. The number of thioether (sulfide) groups is 1. The number of aromatic hydroxyl groups is 1. The van der Waals surface area contributed by atoms with Gasteiger partial charge in [0.2, 0.25) is 5.91 Å². The summed E-state index contributed by atoms with van der Waals surface area (Å²) in [4.78, 5) is 13.1. The molecule has 0 spiro atoms. The molecule has 2 aromatic rings. The van der Waals surface area contributed by atoms with Crippen molar-refractivity contribution in [3.05, 3.63) is 54.1 Å². The maximum absolute atomic E-state index is 12.2. The normalized spacial score (nSPS) is 11.9. The highest BCUT2D eigenvalue weighted by Crippen LogP contribution is 2.25. The standard InChI is InChI=1S/C17H19NO2S/c1-3-13-4-6-14(7-5-13)18-17(20)12(2)21-16-10-8-15(19)9-11-16/h4-12,19H,3H2,1-2H3,(H,18,20). The van der Waals surface area contributed by atoms with Crippen LogP contribution in [0.5, 0.6) is 5.75 Å². The summed E-state index contributed by atoms with van der Waals surface area (Å²) >= 11 is 1.46. The predicted octanol–water partition coefficient (Wildman–Crippen LogP) is 4.07. The first-order valence-electron chi connectivity index (χ1n) is 6.94. The second kappa shape index (κ2) is 7.18. The lowest BCUT2D eigenvalue weighted by molar-refractivity contribution is -0.115. The molecule has 0 fully saturated rings. The highest BCUT2D eigenvalue weighted by molar-refractivity contribution is 8.00. The van der Waals surface area contributed by atoms with Gasteiger partial charge in [0.15, 0.2) is 0 Å². The van der Waals surface area contributed by atoms with Crippen molar-refractivity contribution in [3.63, 3.8) is 0 Å². The smallest absolute Gasteiger partial charge is 0.237 e. The molecule has 0 heterocycles. The molecule has 3 nitrogen and oxygen atoms in total. The Morgan fingerprint density at radius 3 is 2.33 bits per heavy atom. The van der Waals surface area contributed by atoms with Crippen molar-refractivity contribution in [2.75, 3.05) is 5.32 Å². The number of nitrogens with one attached hydrogen (secondary N) is 1. The third kappa shape index (κ3) is 4.53. The van der Waals surface area contributed by atoms with E-state index in [0.29, 0.717) is 0 Å². The summed E-state index contributed by atoms with van der Waals surface area (Å²) in [6.45, 7) is 3.97. The molecular weight excluding hydrogens is 282 g/mol. The Balaban J connectivity index is 1.93. The number of hydrogen-bond donors (Lipinski definition) is 2. The van der Waals surface area contributed by atoms with Crippen molar-refractivity contribution >= 4 is 23.4 Å². The Bertz CT molecular complexity index is 593. The van der Waals surface area contributed by atoms with E-state index < -0.39 is 0 Å². The fraction of sp³-hybridized carbons (Fsp3) is 0.235. The number of phenolic OH excluding ortho intramolecular Hbond substituents is 1. The van der Waals surface area contributed by atoms with E-state index >= 15 is 0 Å². The summed E-state index contributed by atoms with van der Waals surface area (Å²) in [6.07, 6.45) is 0.987. The summed E-state index contributed by atoms with van der Waals surface area (Å²) in [5, 5.41) is 12.0. The SMILES string of the molecule is CCc1ccc(NC(=O)C(C)Sc2ccc(O)cc2)cc1. The van der Waals surface area contributed by atoms with Crippen LogP contribution < -0.4 is 5.32 Å². The molecule has 0 saturated heterocycles. The van der Waals surface area contributed by atoms with Crippen LogP contribution in [0.3, 0.4) is 0 Å². The molecule has 0 aliphatic rings. The van der Waals surface area contributed by atoms with Crippen LogP contribution in [0.2, 0.25) is 0 Å². The number of rotatable bonds is 5. The van der Waals surface area contributed by atoms with Gasteiger partial charge < -0.3 is 10.4 Å². The molecule has 0 radical (unpaired) electrons. The van der Waals surface area contributed by atoms with Gasteiger partial charge in [-0.25, -0.2) is 0 Å². The van der Waals surface area contributed by atoms with Crippen molar-refractivity contribution < 1.29 is 9.90 Å². The van der Waals surface area contributed by atoms with Crippen molar-refractivity contribution in [1.82, 2.24) is 0 Å². The molecule has 2 rings (SSSR count).